The van der Waals surface area contributed by atoms with Crippen LogP contribution in [0.15, 0.2) is 22.7 Å². The first-order valence-electron chi connectivity index (χ1n) is 7.60. The van der Waals surface area contributed by atoms with E-state index >= 15 is 0 Å². The Morgan fingerprint density at radius 3 is 2.42 bits per heavy atom. The summed E-state index contributed by atoms with van der Waals surface area (Å²) in [5.74, 6) is -3.92. The van der Waals surface area contributed by atoms with Gasteiger partial charge in [-0.15, -0.1) is 0 Å². The van der Waals surface area contributed by atoms with Crippen LogP contribution in [-0.4, -0.2) is 37.0 Å². The average Bonchev–Trinajstić information content (AvgIpc) is 2.73. The zero-order valence-corrected chi connectivity index (χ0v) is 15.1. The molecule has 6 nitrogen and oxygen atoms in total. The van der Waals surface area contributed by atoms with Crippen LogP contribution in [0, 0.1) is 24.7 Å². The third-order valence-corrected chi connectivity index (χ3v) is 8.36. The number of imide groups is 1. The van der Waals surface area contributed by atoms with Crippen molar-refractivity contribution in [2.45, 2.75) is 18.6 Å². The molecule has 4 atom stereocenters. The Bertz CT molecular complexity index is 909. The van der Waals surface area contributed by atoms with E-state index in [1.807, 2.05) is 6.92 Å². The van der Waals surface area contributed by atoms with E-state index in [0.717, 1.165) is 14.9 Å². The highest BCUT2D eigenvalue weighted by Crippen LogP contribution is 2.49. The molecule has 8 heteroatoms. The molecule has 24 heavy (non-hydrogen) atoms. The number of rotatable bonds is 1. The number of fused-ring (bicyclic) bond motifs is 2. The van der Waals surface area contributed by atoms with Crippen molar-refractivity contribution in [2.24, 2.45) is 17.8 Å². The Balaban J connectivity index is 1.82. The molecule has 1 saturated carbocycles. The van der Waals surface area contributed by atoms with Crippen molar-refractivity contribution in [3.05, 3.63) is 28.2 Å². The molecule has 0 N–H and O–H groups in total. The van der Waals surface area contributed by atoms with Crippen LogP contribution in [0.1, 0.15) is 12.0 Å². The summed E-state index contributed by atoms with van der Waals surface area (Å²) >= 11 is 3.37. The molecule has 3 heterocycles. The maximum absolute atomic E-state index is 12.8. The number of hydrogen-bond donors (Lipinski definition) is 0. The van der Waals surface area contributed by atoms with Crippen molar-refractivity contribution >= 4 is 49.1 Å². The van der Waals surface area contributed by atoms with Crippen molar-refractivity contribution < 1.29 is 22.8 Å². The molecule has 1 aliphatic carbocycles. The Morgan fingerprint density at radius 1 is 1.12 bits per heavy atom. The van der Waals surface area contributed by atoms with E-state index < -0.39 is 44.5 Å². The average molecular weight is 412 g/mol. The van der Waals surface area contributed by atoms with E-state index in [0.29, 0.717) is 5.69 Å². The van der Waals surface area contributed by atoms with E-state index in [-0.39, 0.29) is 18.1 Å². The number of carbonyl (C=O) groups excluding carboxylic acids is 3. The molecular weight excluding hydrogens is 398 g/mol. The Hall–Kier alpha value is -1.54. The number of anilines is 1. The minimum atomic E-state index is -3.66. The number of halogens is 1. The fourth-order valence-electron chi connectivity index (χ4n) is 4.24. The van der Waals surface area contributed by atoms with Crippen molar-refractivity contribution in [3.63, 3.8) is 0 Å². The number of benzene rings is 1. The zero-order chi connectivity index (χ0) is 17.4. The second kappa shape index (κ2) is 4.98. The van der Waals surface area contributed by atoms with Crippen LogP contribution in [0.4, 0.5) is 5.69 Å². The summed E-state index contributed by atoms with van der Waals surface area (Å²) in [4.78, 5) is 38.9. The van der Waals surface area contributed by atoms with Crippen LogP contribution in [-0.2, 0) is 24.2 Å². The maximum atomic E-state index is 12.8. The van der Waals surface area contributed by atoms with Gasteiger partial charge in [0.2, 0.25) is 11.8 Å². The maximum Gasteiger partial charge on any atom is 0.239 e. The summed E-state index contributed by atoms with van der Waals surface area (Å²) in [6, 6.07) is 5.08. The predicted octanol–water partition coefficient (Wildman–Crippen LogP) is 1.25. The van der Waals surface area contributed by atoms with Crippen molar-refractivity contribution in [2.75, 3.05) is 10.7 Å². The van der Waals surface area contributed by atoms with E-state index in [4.69, 9.17) is 0 Å². The molecule has 3 saturated heterocycles. The zero-order valence-electron chi connectivity index (χ0n) is 12.7. The lowest BCUT2D eigenvalue weighted by molar-refractivity contribution is -0.132. The lowest BCUT2D eigenvalue weighted by atomic mass is 9.72. The lowest BCUT2D eigenvalue weighted by Crippen LogP contribution is -2.57. The first-order chi connectivity index (χ1) is 11.2. The van der Waals surface area contributed by atoms with Gasteiger partial charge in [-0.25, -0.2) is 13.3 Å². The minimum Gasteiger partial charge on any atom is -0.298 e. The monoisotopic (exact) mass is 411 g/mol. The molecule has 0 unspecified atom stereocenters. The first kappa shape index (κ1) is 16.0. The fraction of sp³-hybridized carbons (Fsp3) is 0.438. The number of carbonyl (C=O) groups is 3. The molecule has 4 aliphatic rings. The van der Waals surface area contributed by atoms with E-state index in [1.54, 1.807) is 18.2 Å². The van der Waals surface area contributed by atoms with Crippen molar-refractivity contribution in [3.8, 4) is 0 Å². The SMILES string of the molecule is Cc1cc(N2C(=O)[C@H]3[C@@H]4CC(=O)[C@H]([C@H]3C2=O)S(=O)(=O)C4)ccc1Br. The molecule has 0 radical (unpaired) electrons. The van der Waals surface area contributed by atoms with Crippen LogP contribution >= 0.6 is 15.9 Å². The van der Waals surface area contributed by atoms with Gasteiger partial charge in [0.1, 0.15) is 5.25 Å². The van der Waals surface area contributed by atoms with E-state index in [1.165, 1.54) is 0 Å². The van der Waals surface area contributed by atoms with Gasteiger partial charge in [-0.1, -0.05) is 15.9 Å². The molecule has 5 rings (SSSR count). The van der Waals surface area contributed by atoms with Crippen LogP contribution in [0.3, 0.4) is 0 Å². The molecule has 4 fully saturated rings. The number of ketones is 1. The number of aryl methyl sites for hydroxylation is 1. The molecule has 2 bridgehead atoms. The van der Waals surface area contributed by atoms with Gasteiger partial charge in [0.05, 0.1) is 23.3 Å². The summed E-state index contributed by atoms with van der Waals surface area (Å²) in [6.45, 7) is 1.84. The smallest absolute Gasteiger partial charge is 0.239 e. The molecule has 0 aromatic heterocycles. The highest BCUT2D eigenvalue weighted by atomic mass is 79.9. The van der Waals surface area contributed by atoms with Gasteiger partial charge in [-0.3, -0.25) is 14.4 Å². The number of Topliss-reactive ketones (excluding diaryl/α,β-unsaturated/α-hetero) is 1. The third kappa shape index (κ3) is 1.99. The van der Waals surface area contributed by atoms with E-state index in [2.05, 4.69) is 15.9 Å². The number of sulfone groups is 1. The van der Waals surface area contributed by atoms with Crippen LogP contribution in [0.2, 0.25) is 0 Å². The normalized spacial score (nSPS) is 33.9. The third-order valence-electron chi connectivity index (χ3n) is 5.25. The van der Waals surface area contributed by atoms with Gasteiger partial charge < -0.3 is 0 Å². The summed E-state index contributed by atoms with van der Waals surface area (Å²) in [6.07, 6.45) is 0.0668. The standard InChI is InChI=1S/C16H14BrNO5S/c1-7-4-9(2-3-10(7)17)18-15(20)12-8-5-11(19)14(13(12)16(18)21)24(22,23)6-8/h2-4,8,12-14H,5-6H2,1H3/t8-,12+,13+,14-/m1/s1. The predicted molar refractivity (Wildman–Crippen MR) is 89.0 cm³/mol. The second-order valence-corrected chi connectivity index (χ2v) is 9.70. The van der Waals surface area contributed by atoms with Gasteiger partial charge in [0, 0.05) is 10.9 Å². The van der Waals surface area contributed by atoms with E-state index in [9.17, 15) is 22.8 Å². The summed E-state index contributed by atoms with van der Waals surface area (Å²) in [5.41, 5.74) is 1.28. The van der Waals surface area contributed by atoms with Crippen molar-refractivity contribution in [1.82, 2.24) is 0 Å². The fourth-order valence-corrected chi connectivity index (χ4v) is 6.84. The van der Waals surface area contributed by atoms with Crippen molar-refractivity contribution in [1.29, 1.82) is 0 Å². The summed E-state index contributed by atoms with van der Waals surface area (Å²) in [7, 11) is -3.66. The molecule has 3 aliphatic heterocycles. The lowest BCUT2D eigenvalue weighted by Gasteiger charge is -2.40. The number of hydrogen-bond acceptors (Lipinski definition) is 5. The van der Waals surface area contributed by atoms with Gasteiger partial charge in [0.15, 0.2) is 15.6 Å². The van der Waals surface area contributed by atoms with Gasteiger partial charge in [0.25, 0.3) is 0 Å². The Kier molecular flexibility index (Phi) is 3.31. The Labute approximate surface area is 147 Å². The second-order valence-electron chi connectivity index (χ2n) is 6.68. The molecular formula is C16H14BrNO5S. The first-order valence-corrected chi connectivity index (χ1v) is 10.1. The van der Waals surface area contributed by atoms with Gasteiger partial charge in [-0.05, 0) is 36.6 Å². The van der Waals surface area contributed by atoms with Crippen LogP contribution in [0.25, 0.3) is 0 Å². The molecule has 126 valence electrons. The molecule has 0 spiro atoms. The molecule has 1 aromatic carbocycles. The quantitative estimate of drug-likeness (QED) is 0.648. The largest absolute Gasteiger partial charge is 0.298 e. The number of amides is 2. The Morgan fingerprint density at radius 2 is 1.79 bits per heavy atom. The highest BCUT2D eigenvalue weighted by molar-refractivity contribution is 9.10. The number of nitrogens with zero attached hydrogens (tertiary/aromatic N) is 1. The molecule has 2 amide bonds. The summed E-state index contributed by atoms with van der Waals surface area (Å²) in [5, 5.41) is -1.36. The molecule has 1 aromatic rings. The van der Waals surface area contributed by atoms with Crippen LogP contribution in [0.5, 0.6) is 0 Å². The van der Waals surface area contributed by atoms with Gasteiger partial charge >= 0.3 is 0 Å². The summed E-state index contributed by atoms with van der Waals surface area (Å²) < 4.78 is 25.4. The van der Waals surface area contributed by atoms with Gasteiger partial charge in [-0.2, -0.15) is 0 Å². The minimum absolute atomic E-state index is 0.0668. The topological polar surface area (TPSA) is 88.6 Å². The highest BCUT2D eigenvalue weighted by Gasteiger charge is 2.66. The van der Waals surface area contributed by atoms with Crippen LogP contribution < -0.4 is 4.90 Å².